The average Bonchev–Trinajstić information content (AvgIpc) is 2.94. The maximum atomic E-state index is 14.2. The maximum absolute atomic E-state index is 14.2. The van der Waals surface area contributed by atoms with Crippen molar-refractivity contribution in [2.75, 3.05) is 0 Å². The van der Waals surface area contributed by atoms with E-state index in [1.807, 2.05) is 45.0 Å². The van der Waals surface area contributed by atoms with Gasteiger partial charge in [-0.1, -0.05) is 38.5 Å². The third-order valence-electron chi connectivity index (χ3n) is 6.70. The van der Waals surface area contributed by atoms with Gasteiger partial charge in [-0.25, -0.2) is 4.98 Å². The Balaban J connectivity index is 1.88. The molecule has 0 aliphatic heterocycles. The molecule has 0 fully saturated rings. The molecule has 0 bridgehead atoms. The number of pyridine rings is 2. The van der Waals surface area contributed by atoms with Gasteiger partial charge >= 0.3 is 0 Å². The Morgan fingerprint density at radius 1 is 1.13 bits per heavy atom. The van der Waals surface area contributed by atoms with E-state index in [0.29, 0.717) is 29.3 Å². The third kappa shape index (κ3) is 5.47. The molecule has 4 rings (SSSR count). The van der Waals surface area contributed by atoms with Crippen LogP contribution in [0.5, 0.6) is 5.88 Å². The van der Waals surface area contributed by atoms with Crippen molar-refractivity contribution in [3.63, 3.8) is 0 Å². The molecule has 9 heteroatoms. The number of aromatic hydroxyl groups is 1. The van der Waals surface area contributed by atoms with Gasteiger partial charge in [0.15, 0.2) is 4.90 Å². The first-order valence-electron chi connectivity index (χ1n) is 12.8. The van der Waals surface area contributed by atoms with Gasteiger partial charge in [-0.2, -0.15) is 10.2 Å². The molecule has 1 aromatic carbocycles. The lowest BCUT2D eigenvalue weighted by Gasteiger charge is -2.23. The number of nitriles is 1. The number of unbranched alkanes of at least 4 members (excludes halogenated alkanes) is 1. The zero-order valence-electron chi connectivity index (χ0n) is 22.3. The molecule has 1 N–H and O–H groups in total. The van der Waals surface area contributed by atoms with Gasteiger partial charge in [0.2, 0.25) is 5.88 Å². The van der Waals surface area contributed by atoms with Gasteiger partial charge in [0.25, 0.3) is 5.56 Å². The number of rotatable bonds is 9. The predicted octanol–water partition coefficient (Wildman–Crippen LogP) is 5.06. The van der Waals surface area contributed by atoms with Crippen molar-refractivity contribution in [1.82, 2.24) is 19.5 Å². The summed E-state index contributed by atoms with van der Waals surface area (Å²) in [5.74, 6) is 3.71. The van der Waals surface area contributed by atoms with E-state index in [1.165, 1.54) is 4.57 Å². The highest BCUT2D eigenvalue weighted by molar-refractivity contribution is 8.00. The lowest BCUT2D eigenvalue weighted by molar-refractivity contribution is 0.407. The molecule has 1 unspecified atom stereocenters. The Morgan fingerprint density at radius 3 is 2.51 bits per heavy atom. The van der Waals surface area contributed by atoms with Crippen LogP contribution in [0.2, 0.25) is 0 Å². The van der Waals surface area contributed by atoms with Crippen molar-refractivity contribution in [1.29, 1.82) is 5.26 Å². The van der Waals surface area contributed by atoms with Crippen LogP contribution in [0.25, 0.3) is 11.1 Å². The number of hydrogen-bond acceptors (Lipinski definition) is 7. The molecule has 0 saturated carbocycles. The predicted molar refractivity (Wildman–Crippen MR) is 152 cm³/mol. The second-order valence-electron chi connectivity index (χ2n) is 9.33. The van der Waals surface area contributed by atoms with Crippen LogP contribution in [0.15, 0.2) is 75.5 Å². The standard InChI is InChI=1S/C30H31N5O3S/c1-5-7-11-27-34-29(36)28(30(37)35(27)26(6-2)25-10-8-9-22(18-31)33-25)39(4,38)23-14-12-21(13-15-23)24-16-17-32-19-20(24)3/h8-10,12-17,19,26,36H,4-7,11H2,1-3H3/t26-,39?/m0/s1. The Bertz CT molecular complexity index is 1700. The number of aryl methyl sites for hydroxylation is 2. The minimum atomic E-state index is -3.44. The first-order valence-corrected chi connectivity index (χ1v) is 14.5. The zero-order chi connectivity index (χ0) is 28.2. The van der Waals surface area contributed by atoms with E-state index in [9.17, 15) is 19.4 Å². The molecular weight excluding hydrogens is 510 g/mol. The molecule has 0 radical (unpaired) electrons. The molecular formula is C30H31N5O3S. The average molecular weight is 542 g/mol. The monoisotopic (exact) mass is 541 g/mol. The Hall–Kier alpha value is -4.29. The smallest absolute Gasteiger partial charge is 0.274 e. The normalized spacial score (nSPS) is 13.4. The Kier molecular flexibility index (Phi) is 8.27. The largest absolute Gasteiger partial charge is 0.492 e. The van der Waals surface area contributed by atoms with Gasteiger partial charge in [-0.3, -0.25) is 18.6 Å². The minimum Gasteiger partial charge on any atom is -0.492 e. The van der Waals surface area contributed by atoms with Crippen LogP contribution < -0.4 is 5.56 Å². The molecule has 0 amide bonds. The highest BCUT2D eigenvalue weighted by Crippen LogP contribution is 2.30. The quantitative estimate of drug-likeness (QED) is 0.294. The van der Waals surface area contributed by atoms with Gasteiger partial charge < -0.3 is 5.11 Å². The molecule has 8 nitrogen and oxygen atoms in total. The van der Waals surface area contributed by atoms with Crippen molar-refractivity contribution in [2.24, 2.45) is 0 Å². The van der Waals surface area contributed by atoms with E-state index in [2.05, 4.69) is 20.8 Å². The summed E-state index contributed by atoms with van der Waals surface area (Å²) < 4.78 is 15.6. The molecule has 3 heterocycles. The molecule has 0 spiro atoms. The minimum absolute atomic E-state index is 0.228. The van der Waals surface area contributed by atoms with E-state index in [-0.39, 0.29) is 10.6 Å². The van der Waals surface area contributed by atoms with Crippen LogP contribution in [0.3, 0.4) is 0 Å². The summed E-state index contributed by atoms with van der Waals surface area (Å²) in [7, 11) is -3.44. The van der Waals surface area contributed by atoms with Crippen molar-refractivity contribution < 1.29 is 9.32 Å². The first-order chi connectivity index (χ1) is 18.7. The zero-order valence-corrected chi connectivity index (χ0v) is 23.1. The number of hydrogen-bond donors (Lipinski definition) is 1. The highest BCUT2D eigenvalue weighted by atomic mass is 32.2. The molecule has 3 aromatic heterocycles. The first kappa shape index (κ1) is 27.7. The fourth-order valence-electron chi connectivity index (χ4n) is 4.66. The molecule has 0 saturated heterocycles. The topological polar surface area (TPSA) is 122 Å². The Morgan fingerprint density at radius 2 is 1.87 bits per heavy atom. The maximum Gasteiger partial charge on any atom is 0.274 e. The molecule has 2 atom stereocenters. The van der Waals surface area contributed by atoms with Crippen LogP contribution in [-0.2, 0) is 15.9 Å². The summed E-state index contributed by atoms with van der Waals surface area (Å²) in [5.41, 5.74) is 3.00. The fourth-order valence-corrected chi connectivity index (χ4v) is 6.20. The van der Waals surface area contributed by atoms with Gasteiger partial charge in [0, 0.05) is 33.2 Å². The van der Waals surface area contributed by atoms with Crippen LogP contribution in [0.4, 0.5) is 0 Å². The van der Waals surface area contributed by atoms with Gasteiger partial charge in [-0.05, 0) is 72.7 Å². The van der Waals surface area contributed by atoms with Gasteiger partial charge in [0.05, 0.1) is 11.7 Å². The third-order valence-corrected chi connectivity index (χ3v) is 8.75. The van der Waals surface area contributed by atoms with Crippen molar-refractivity contribution >= 4 is 15.4 Å². The number of benzene rings is 1. The molecule has 200 valence electrons. The number of aromatic nitrogens is 4. The van der Waals surface area contributed by atoms with E-state index < -0.39 is 27.0 Å². The van der Waals surface area contributed by atoms with Crippen LogP contribution >= 0.6 is 0 Å². The van der Waals surface area contributed by atoms with E-state index in [4.69, 9.17) is 0 Å². The van der Waals surface area contributed by atoms with E-state index in [1.54, 1.807) is 42.7 Å². The summed E-state index contributed by atoms with van der Waals surface area (Å²) in [6, 6.07) is 15.4. The van der Waals surface area contributed by atoms with E-state index >= 15 is 0 Å². The second-order valence-corrected chi connectivity index (χ2v) is 11.6. The summed E-state index contributed by atoms with van der Waals surface area (Å²) in [6.07, 6.45) is 5.97. The van der Waals surface area contributed by atoms with Gasteiger partial charge in [-0.15, -0.1) is 0 Å². The van der Waals surface area contributed by atoms with Crippen LogP contribution in [0.1, 0.15) is 61.9 Å². The molecule has 39 heavy (non-hydrogen) atoms. The fraction of sp³-hybridized carbons (Fsp3) is 0.267. The second kappa shape index (κ2) is 11.6. The van der Waals surface area contributed by atoms with Crippen LogP contribution in [-0.4, -0.2) is 34.7 Å². The lowest BCUT2D eigenvalue weighted by Crippen LogP contribution is -2.34. The SMILES string of the molecule is C=S(=O)(c1ccc(-c2ccncc2C)cc1)c1c(O)nc(CCCC)n([C@@H](CC)c2cccc(C#N)n2)c1=O. The summed E-state index contributed by atoms with van der Waals surface area (Å²) in [6.45, 7) is 5.87. The van der Waals surface area contributed by atoms with Crippen molar-refractivity contribution in [2.45, 2.75) is 62.3 Å². The van der Waals surface area contributed by atoms with Crippen molar-refractivity contribution in [3.05, 3.63) is 94.1 Å². The molecule has 0 aliphatic rings. The highest BCUT2D eigenvalue weighted by Gasteiger charge is 2.28. The van der Waals surface area contributed by atoms with Crippen LogP contribution in [0, 0.1) is 18.3 Å². The van der Waals surface area contributed by atoms with Crippen molar-refractivity contribution in [3.8, 4) is 23.1 Å². The summed E-state index contributed by atoms with van der Waals surface area (Å²) in [4.78, 5) is 27.0. The van der Waals surface area contributed by atoms with Gasteiger partial charge in [0.1, 0.15) is 17.6 Å². The molecule has 4 aromatic rings. The van der Waals surface area contributed by atoms with E-state index in [0.717, 1.165) is 29.5 Å². The Labute approximate surface area is 228 Å². The number of nitrogens with zero attached hydrogens (tertiary/aromatic N) is 5. The lowest BCUT2D eigenvalue weighted by atomic mass is 10.0. The summed E-state index contributed by atoms with van der Waals surface area (Å²) >= 11 is 0. The summed E-state index contributed by atoms with van der Waals surface area (Å²) in [5, 5.41) is 20.3. The molecule has 0 aliphatic carbocycles.